The summed E-state index contributed by atoms with van der Waals surface area (Å²) in [6, 6.07) is 16.2. The number of nitrogens with one attached hydrogen (secondary N) is 2. The quantitative estimate of drug-likeness (QED) is 0.470. The number of halogens is 1. The monoisotopic (exact) mass is 467 g/mol. The van der Waals surface area contributed by atoms with Crippen molar-refractivity contribution in [2.45, 2.75) is 13.8 Å². The molecule has 3 amide bonds. The van der Waals surface area contributed by atoms with E-state index in [0.29, 0.717) is 17.2 Å². The van der Waals surface area contributed by atoms with E-state index in [0.717, 1.165) is 5.56 Å². The Labute approximate surface area is 196 Å². The molecule has 1 heterocycles. The van der Waals surface area contributed by atoms with Crippen molar-refractivity contribution < 1.29 is 23.5 Å². The molecule has 1 aromatic heterocycles. The number of carbonyl (C=O) groups is 3. The molecule has 178 valence electrons. The molecule has 0 radical (unpaired) electrons. The Balaban J connectivity index is 1.77. The third kappa shape index (κ3) is 6.41. The van der Waals surface area contributed by atoms with Crippen molar-refractivity contribution in [3.05, 3.63) is 66.5 Å². The van der Waals surface area contributed by atoms with Crippen molar-refractivity contribution in [1.82, 2.24) is 20.0 Å². The van der Waals surface area contributed by atoms with Crippen LogP contribution in [0.4, 0.5) is 15.0 Å². The van der Waals surface area contributed by atoms with Gasteiger partial charge in [-0.05, 0) is 38.1 Å². The highest BCUT2D eigenvalue weighted by Gasteiger charge is 2.19. The fraction of sp³-hybridized carbons (Fsp3) is 0.250. The standard InChI is InChI=1S/C24H26FN5O4/c1-3-29(24(33)26-15-23(32)34-4-2)16-22(31)27-21-14-20(17-8-6-5-7-9-17)28-30(21)19-12-10-18(25)11-13-19/h5-14H,3-4,15-16H2,1-2H3,(H,26,33)(H,27,31). The number of likely N-dealkylation sites (N-methyl/N-ethyl adjacent to an activating group) is 1. The van der Waals surface area contributed by atoms with Gasteiger partial charge >= 0.3 is 12.0 Å². The predicted molar refractivity (Wildman–Crippen MR) is 125 cm³/mol. The molecule has 0 aliphatic carbocycles. The number of carbonyl (C=O) groups excluding carboxylic acids is 3. The number of anilines is 1. The van der Waals surface area contributed by atoms with Crippen LogP contribution in [0.5, 0.6) is 0 Å². The Hall–Kier alpha value is -4.21. The summed E-state index contributed by atoms with van der Waals surface area (Å²) < 4.78 is 19.7. The van der Waals surface area contributed by atoms with Crippen molar-refractivity contribution >= 4 is 23.7 Å². The minimum atomic E-state index is -0.567. The second-order valence-electron chi connectivity index (χ2n) is 7.20. The maximum atomic E-state index is 13.4. The van der Waals surface area contributed by atoms with Gasteiger partial charge < -0.3 is 20.3 Å². The van der Waals surface area contributed by atoms with Crippen LogP contribution in [-0.2, 0) is 14.3 Å². The molecule has 3 rings (SSSR count). The molecule has 0 aliphatic heterocycles. The Kier molecular flexibility index (Phi) is 8.33. The van der Waals surface area contributed by atoms with E-state index in [1.54, 1.807) is 32.0 Å². The lowest BCUT2D eigenvalue weighted by Crippen LogP contribution is -2.45. The summed E-state index contributed by atoms with van der Waals surface area (Å²) in [7, 11) is 0. The Morgan fingerprint density at radius 3 is 2.41 bits per heavy atom. The third-order valence-corrected chi connectivity index (χ3v) is 4.81. The summed E-state index contributed by atoms with van der Waals surface area (Å²) >= 11 is 0. The number of esters is 1. The van der Waals surface area contributed by atoms with Gasteiger partial charge in [-0.2, -0.15) is 5.10 Å². The normalized spacial score (nSPS) is 10.4. The van der Waals surface area contributed by atoms with Gasteiger partial charge in [-0.1, -0.05) is 30.3 Å². The molecule has 0 spiro atoms. The third-order valence-electron chi connectivity index (χ3n) is 4.81. The fourth-order valence-electron chi connectivity index (χ4n) is 3.15. The molecule has 0 aliphatic rings. The first-order valence-corrected chi connectivity index (χ1v) is 10.8. The second-order valence-corrected chi connectivity index (χ2v) is 7.20. The predicted octanol–water partition coefficient (Wildman–Crippen LogP) is 3.21. The minimum Gasteiger partial charge on any atom is -0.465 e. The second kappa shape index (κ2) is 11.6. The maximum absolute atomic E-state index is 13.4. The summed E-state index contributed by atoms with van der Waals surface area (Å²) in [6.45, 7) is 3.30. The van der Waals surface area contributed by atoms with Crippen LogP contribution in [-0.4, -0.2) is 58.8 Å². The molecule has 0 unspecified atom stereocenters. The van der Waals surface area contributed by atoms with Crippen LogP contribution < -0.4 is 10.6 Å². The SMILES string of the molecule is CCOC(=O)CNC(=O)N(CC)CC(=O)Nc1cc(-c2ccccc2)nn1-c1ccc(F)cc1. The van der Waals surface area contributed by atoms with E-state index in [1.807, 2.05) is 30.3 Å². The Morgan fingerprint density at radius 2 is 1.76 bits per heavy atom. The zero-order valence-corrected chi connectivity index (χ0v) is 19.0. The van der Waals surface area contributed by atoms with Crippen molar-refractivity contribution in [2.75, 3.05) is 31.6 Å². The molecule has 2 N–H and O–H groups in total. The summed E-state index contributed by atoms with van der Waals surface area (Å²) in [6.07, 6.45) is 0. The number of rotatable bonds is 9. The Morgan fingerprint density at radius 1 is 1.06 bits per heavy atom. The van der Waals surface area contributed by atoms with Crippen LogP contribution in [0.3, 0.4) is 0 Å². The van der Waals surface area contributed by atoms with E-state index in [-0.39, 0.29) is 26.2 Å². The molecule has 10 heteroatoms. The lowest BCUT2D eigenvalue weighted by Gasteiger charge is -2.20. The van der Waals surface area contributed by atoms with Crippen LogP contribution in [0, 0.1) is 5.82 Å². The van der Waals surface area contributed by atoms with Gasteiger partial charge in [0.1, 0.15) is 24.7 Å². The molecule has 0 saturated carbocycles. The van der Waals surface area contributed by atoms with Crippen LogP contribution in [0.1, 0.15) is 13.8 Å². The number of nitrogens with zero attached hydrogens (tertiary/aromatic N) is 3. The van der Waals surface area contributed by atoms with Gasteiger partial charge in [-0.25, -0.2) is 13.9 Å². The lowest BCUT2D eigenvalue weighted by molar-refractivity contribution is -0.141. The molecule has 0 saturated heterocycles. The lowest BCUT2D eigenvalue weighted by atomic mass is 10.1. The summed E-state index contributed by atoms with van der Waals surface area (Å²) in [5, 5.41) is 9.78. The average Bonchev–Trinajstić information content (AvgIpc) is 3.25. The van der Waals surface area contributed by atoms with Crippen molar-refractivity contribution in [1.29, 1.82) is 0 Å². The zero-order valence-electron chi connectivity index (χ0n) is 19.0. The van der Waals surface area contributed by atoms with Crippen LogP contribution in [0.25, 0.3) is 16.9 Å². The van der Waals surface area contributed by atoms with Gasteiger partial charge in [-0.3, -0.25) is 9.59 Å². The molecule has 3 aromatic rings. The first-order valence-electron chi connectivity index (χ1n) is 10.8. The summed E-state index contributed by atoms with van der Waals surface area (Å²) in [5.41, 5.74) is 2.01. The van der Waals surface area contributed by atoms with Crippen molar-refractivity contribution in [2.24, 2.45) is 0 Å². The number of urea groups is 1. The van der Waals surface area contributed by atoms with E-state index in [9.17, 15) is 18.8 Å². The smallest absolute Gasteiger partial charge is 0.325 e. The minimum absolute atomic E-state index is 0.210. The highest BCUT2D eigenvalue weighted by Crippen LogP contribution is 2.25. The van der Waals surface area contributed by atoms with Gasteiger partial charge in [0, 0.05) is 18.2 Å². The van der Waals surface area contributed by atoms with Crippen LogP contribution in [0.2, 0.25) is 0 Å². The van der Waals surface area contributed by atoms with Crippen LogP contribution in [0.15, 0.2) is 60.7 Å². The van der Waals surface area contributed by atoms with E-state index in [1.165, 1.54) is 21.7 Å². The van der Waals surface area contributed by atoms with E-state index in [2.05, 4.69) is 15.7 Å². The first kappa shape index (κ1) is 24.4. The van der Waals surface area contributed by atoms with Gasteiger partial charge in [-0.15, -0.1) is 0 Å². The fourth-order valence-corrected chi connectivity index (χ4v) is 3.15. The first-order chi connectivity index (χ1) is 16.4. The van der Waals surface area contributed by atoms with E-state index < -0.39 is 23.7 Å². The number of benzene rings is 2. The van der Waals surface area contributed by atoms with E-state index >= 15 is 0 Å². The Bertz CT molecular complexity index is 1130. The largest absolute Gasteiger partial charge is 0.465 e. The molecular weight excluding hydrogens is 441 g/mol. The highest BCUT2D eigenvalue weighted by molar-refractivity contribution is 5.94. The number of amides is 3. The topological polar surface area (TPSA) is 106 Å². The van der Waals surface area contributed by atoms with E-state index in [4.69, 9.17) is 4.74 Å². The van der Waals surface area contributed by atoms with Crippen molar-refractivity contribution in [3.8, 4) is 16.9 Å². The molecular formula is C24H26FN5O4. The van der Waals surface area contributed by atoms with Gasteiger partial charge in [0.15, 0.2) is 0 Å². The van der Waals surface area contributed by atoms with Crippen LogP contribution >= 0.6 is 0 Å². The number of aromatic nitrogens is 2. The van der Waals surface area contributed by atoms with Gasteiger partial charge in [0.2, 0.25) is 5.91 Å². The average molecular weight is 468 g/mol. The molecule has 2 aromatic carbocycles. The van der Waals surface area contributed by atoms with Crippen molar-refractivity contribution in [3.63, 3.8) is 0 Å². The molecule has 0 bridgehead atoms. The molecule has 9 nitrogen and oxygen atoms in total. The van der Waals surface area contributed by atoms with Gasteiger partial charge in [0.05, 0.1) is 18.0 Å². The highest BCUT2D eigenvalue weighted by atomic mass is 19.1. The zero-order chi connectivity index (χ0) is 24.5. The molecule has 0 atom stereocenters. The maximum Gasteiger partial charge on any atom is 0.325 e. The van der Waals surface area contributed by atoms with Gasteiger partial charge in [0.25, 0.3) is 0 Å². The summed E-state index contributed by atoms with van der Waals surface area (Å²) in [5.74, 6) is -1.06. The number of ether oxygens (including phenoxy) is 1. The number of hydrogen-bond donors (Lipinski definition) is 2. The number of hydrogen-bond acceptors (Lipinski definition) is 5. The summed E-state index contributed by atoms with van der Waals surface area (Å²) in [4.78, 5) is 37.9. The molecule has 34 heavy (non-hydrogen) atoms. The molecule has 0 fully saturated rings.